The van der Waals surface area contributed by atoms with E-state index in [1.54, 1.807) is 12.3 Å². The number of imidazole rings is 1. The molecule has 10 heteroatoms. The number of ether oxygens (including phenoxy) is 1. The summed E-state index contributed by atoms with van der Waals surface area (Å²) in [4.78, 5) is 27.9. The van der Waals surface area contributed by atoms with Crippen LogP contribution in [0.2, 0.25) is 0 Å². The molecule has 3 aromatic heterocycles. The average Bonchev–Trinajstić information content (AvgIpc) is 3.45. The van der Waals surface area contributed by atoms with Gasteiger partial charge in [0, 0.05) is 70.0 Å². The number of piperidine rings is 1. The molecule has 0 aromatic carbocycles. The van der Waals surface area contributed by atoms with Crippen molar-refractivity contribution < 1.29 is 9.53 Å². The number of aromatic nitrogens is 5. The molecule has 0 radical (unpaired) electrons. The molecule has 2 aliphatic rings. The molecule has 0 bridgehead atoms. The third kappa shape index (κ3) is 5.87. The van der Waals surface area contributed by atoms with Gasteiger partial charge in [0.05, 0.1) is 6.33 Å². The standard InChI is InChI=1S/C25H32N8O2/c34-25(33-12-4-2-5-21(33)9-13-30-14-11-26-20-30)19-35-24-8-7-23(28-29-24)32-17-15-31(16-18-32)22-6-1-3-10-27-22/h1,3,6-8,10-11,14,20-21H,2,4-5,9,12-13,15-19H2/t21-/m1/s1. The number of hydrogen-bond acceptors (Lipinski definition) is 8. The van der Waals surface area contributed by atoms with Crippen LogP contribution < -0.4 is 14.5 Å². The predicted octanol–water partition coefficient (Wildman–Crippen LogP) is 2.24. The monoisotopic (exact) mass is 476 g/mol. The summed E-state index contributed by atoms with van der Waals surface area (Å²) in [5.41, 5.74) is 0. The molecule has 35 heavy (non-hydrogen) atoms. The first-order valence-electron chi connectivity index (χ1n) is 12.4. The highest BCUT2D eigenvalue weighted by atomic mass is 16.5. The van der Waals surface area contributed by atoms with Crippen molar-refractivity contribution in [3.63, 3.8) is 0 Å². The van der Waals surface area contributed by atoms with Crippen molar-refractivity contribution in [3.05, 3.63) is 55.2 Å². The smallest absolute Gasteiger partial charge is 0.260 e. The summed E-state index contributed by atoms with van der Waals surface area (Å²) < 4.78 is 7.78. The van der Waals surface area contributed by atoms with E-state index in [9.17, 15) is 4.79 Å². The van der Waals surface area contributed by atoms with Crippen LogP contribution in [-0.2, 0) is 11.3 Å². The molecule has 2 aliphatic heterocycles. The molecule has 5 rings (SSSR count). The SMILES string of the molecule is O=C(COc1ccc(N2CCN(c3ccccn3)CC2)nn1)N1CCCC[C@@H]1CCn1ccnc1. The number of carbonyl (C=O) groups excluding carboxylic acids is 1. The number of carbonyl (C=O) groups is 1. The maximum atomic E-state index is 12.9. The van der Waals surface area contributed by atoms with Crippen molar-refractivity contribution in [1.82, 2.24) is 29.6 Å². The highest BCUT2D eigenvalue weighted by Crippen LogP contribution is 2.21. The summed E-state index contributed by atoms with van der Waals surface area (Å²) in [6.07, 6.45) is 11.5. The summed E-state index contributed by atoms with van der Waals surface area (Å²) in [6, 6.07) is 9.93. The van der Waals surface area contributed by atoms with E-state index in [0.29, 0.717) is 5.88 Å². The quantitative estimate of drug-likeness (QED) is 0.489. The normalized spacial score (nSPS) is 18.5. The third-order valence-corrected chi connectivity index (χ3v) is 6.77. The molecule has 1 amide bonds. The summed E-state index contributed by atoms with van der Waals surface area (Å²) >= 11 is 0. The second-order valence-electron chi connectivity index (χ2n) is 9.01. The second-order valence-corrected chi connectivity index (χ2v) is 9.01. The zero-order valence-corrected chi connectivity index (χ0v) is 19.9. The fourth-order valence-corrected chi connectivity index (χ4v) is 4.83. The van der Waals surface area contributed by atoms with E-state index < -0.39 is 0 Å². The molecule has 0 unspecified atom stereocenters. The maximum Gasteiger partial charge on any atom is 0.260 e. The highest BCUT2D eigenvalue weighted by molar-refractivity contribution is 5.78. The maximum absolute atomic E-state index is 12.9. The topological polar surface area (TPSA) is 92.5 Å². The fourth-order valence-electron chi connectivity index (χ4n) is 4.83. The van der Waals surface area contributed by atoms with Gasteiger partial charge in [-0.3, -0.25) is 4.79 Å². The van der Waals surface area contributed by atoms with Crippen molar-refractivity contribution in [2.75, 3.05) is 49.1 Å². The van der Waals surface area contributed by atoms with Crippen LogP contribution in [0.4, 0.5) is 11.6 Å². The number of amides is 1. The van der Waals surface area contributed by atoms with Crippen LogP contribution in [-0.4, -0.2) is 80.9 Å². The molecule has 5 heterocycles. The van der Waals surface area contributed by atoms with Gasteiger partial charge in [-0.1, -0.05) is 6.07 Å². The molecule has 0 aliphatic carbocycles. The molecule has 2 saturated heterocycles. The van der Waals surface area contributed by atoms with Crippen molar-refractivity contribution in [1.29, 1.82) is 0 Å². The van der Waals surface area contributed by atoms with E-state index in [-0.39, 0.29) is 18.6 Å². The Bertz CT molecular complexity index is 1050. The van der Waals surface area contributed by atoms with E-state index in [4.69, 9.17) is 4.74 Å². The van der Waals surface area contributed by atoms with Gasteiger partial charge in [0.2, 0.25) is 5.88 Å². The van der Waals surface area contributed by atoms with Crippen molar-refractivity contribution in [2.24, 2.45) is 0 Å². The molecule has 3 aromatic rings. The van der Waals surface area contributed by atoms with Crippen LogP contribution in [0.3, 0.4) is 0 Å². The number of pyridine rings is 1. The van der Waals surface area contributed by atoms with Gasteiger partial charge in [-0.25, -0.2) is 9.97 Å². The molecular formula is C25H32N8O2. The average molecular weight is 477 g/mol. The number of hydrogen-bond donors (Lipinski definition) is 0. The molecule has 0 N–H and O–H groups in total. The number of aryl methyl sites for hydroxylation is 1. The van der Waals surface area contributed by atoms with Gasteiger partial charge in [0.1, 0.15) is 5.82 Å². The van der Waals surface area contributed by atoms with E-state index in [1.165, 1.54) is 0 Å². The van der Waals surface area contributed by atoms with Gasteiger partial charge >= 0.3 is 0 Å². The zero-order chi connectivity index (χ0) is 23.9. The number of anilines is 2. The first-order valence-corrected chi connectivity index (χ1v) is 12.4. The summed E-state index contributed by atoms with van der Waals surface area (Å²) in [5.74, 6) is 2.21. The highest BCUT2D eigenvalue weighted by Gasteiger charge is 2.27. The minimum Gasteiger partial charge on any atom is -0.466 e. The van der Waals surface area contributed by atoms with Crippen molar-refractivity contribution in [2.45, 2.75) is 38.3 Å². The molecule has 0 saturated carbocycles. The largest absolute Gasteiger partial charge is 0.466 e. The lowest BCUT2D eigenvalue weighted by Gasteiger charge is -2.36. The van der Waals surface area contributed by atoms with E-state index in [1.807, 2.05) is 47.9 Å². The Morgan fingerprint density at radius 1 is 0.943 bits per heavy atom. The van der Waals surface area contributed by atoms with Gasteiger partial charge < -0.3 is 24.0 Å². The van der Waals surface area contributed by atoms with E-state index in [0.717, 1.165) is 76.6 Å². The Balaban J connectivity index is 1.10. The Kier molecular flexibility index (Phi) is 7.35. The number of piperazine rings is 1. The van der Waals surface area contributed by atoms with Crippen LogP contribution in [0.15, 0.2) is 55.2 Å². The summed E-state index contributed by atoms with van der Waals surface area (Å²) in [5, 5.41) is 8.56. The minimum atomic E-state index is -0.0155. The second kappa shape index (κ2) is 11.2. The lowest BCUT2D eigenvalue weighted by atomic mass is 9.99. The van der Waals surface area contributed by atoms with Gasteiger partial charge in [-0.2, -0.15) is 0 Å². The molecule has 1 atom stereocenters. The summed E-state index contributed by atoms with van der Waals surface area (Å²) in [6.45, 7) is 5.08. The van der Waals surface area contributed by atoms with Gasteiger partial charge in [0.25, 0.3) is 5.91 Å². The van der Waals surface area contributed by atoms with Gasteiger partial charge in [-0.05, 0) is 43.9 Å². The first kappa shape index (κ1) is 23.1. The molecule has 184 valence electrons. The fraction of sp³-hybridized carbons (Fsp3) is 0.480. The lowest BCUT2D eigenvalue weighted by Crippen LogP contribution is -2.47. The predicted molar refractivity (Wildman–Crippen MR) is 132 cm³/mol. The first-order chi connectivity index (χ1) is 17.3. The Morgan fingerprint density at radius 3 is 2.51 bits per heavy atom. The van der Waals surface area contributed by atoms with Gasteiger partial charge in [-0.15, -0.1) is 10.2 Å². The Labute approximate surface area is 205 Å². The van der Waals surface area contributed by atoms with Crippen LogP contribution in [0.1, 0.15) is 25.7 Å². The number of nitrogens with zero attached hydrogens (tertiary/aromatic N) is 8. The van der Waals surface area contributed by atoms with E-state index in [2.05, 4.69) is 34.5 Å². The lowest BCUT2D eigenvalue weighted by molar-refractivity contribution is -0.137. The van der Waals surface area contributed by atoms with Crippen molar-refractivity contribution >= 4 is 17.5 Å². The molecule has 10 nitrogen and oxygen atoms in total. The van der Waals surface area contributed by atoms with Crippen LogP contribution in [0.5, 0.6) is 5.88 Å². The number of rotatable bonds is 8. The molecule has 2 fully saturated rings. The van der Waals surface area contributed by atoms with E-state index >= 15 is 0 Å². The third-order valence-electron chi connectivity index (χ3n) is 6.77. The van der Waals surface area contributed by atoms with Gasteiger partial charge in [0.15, 0.2) is 12.4 Å². The number of likely N-dealkylation sites (tertiary alicyclic amines) is 1. The Hall–Kier alpha value is -3.69. The van der Waals surface area contributed by atoms with Crippen LogP contribution in [0.25, 0.3) is 0 Å². The van der Waals surface area contributed by atoms with Crippen LogP contribution in [0, 0.1) is 0 Å². The molecule has 0 spiro atoms. The Morgan fingerprint density at radius 2 is 1.80 bits per heavy atom. The van der Waals surface area contributed by atoms with Crippen molar-refractivity contribution in [3.8, 4) is 5.88 Å². The molecular weight excluding hydrogens is 444 g/mol. The zero-order valence-electron chi connectivity index (χ0n) is 19.9. The summed E-state index contributed by atoms with van der Waals surface area (Å²) in [7, 11) is 0. The van der Waals surface area contributed by atoms with Crippen LogP contribution >= 0.6 is 0 Å². The minimum absolute atomic E-state index is 0.0110.